The van der Waals surface area contributed by atoms with Crippen molar-refractivity contribution in [2.75, 3.05) is 39.9 Å². The second-order valence-electron chi connectivity index (χ2n) is 7.38. The largest absolute Gasteiger partial charge is 0.497 e. The van der Waals surface area contributed by atoms with Crippen molar-refractivity contribution >= 4 is 0 Å². The van der Waals surface area contributed by atoms with Gasteiger partial charge in [-0.15, -0.1) is 0 Å². The molecule has 0 spiro atoms. The van der Waals surface area contributed by atoms with Gasteiger partial charge in [-0.3, -0.25) is 9.80 Å². The van der Waals surface area contributed by atoms with E-state index in [9.17, 15) is 5.11 Å². The first-order valence-corrected chi connectivity index (χ1v) is 10.0. The van der Waals surface area contributed by atoms with Crippen LogP contribution in [0.25, 0.3) is 0 Å². The quantitative estimate of drug-likeness (QED) is 0.737. The summed E-state index contributed by atoms with van der Waals surface area (Å²) < 4.78 is 5.34. The minimum atomic E-state index is 0.257. The lowest BCUT2D eigenvalue weighted by Gasteiger charge is -2.41. The molecule has 146 valence electrons. The van der Waals surface area contributed by atoms with Gasteiger partial charge in [0.25, 0.3) is 0 Å². The van der Waals surface area contributed by atoms with Crippen LogP contribution in [0.15, 0.2) is 54.6 Å². The molecule has 27 heavy (non-hydrogen) atoms. The number of aliphatic hydroxyl groups excluding tert-OH is 1. The SMILES string of the molecule is COc1cccc(CN2CCN(CCCc3ccccc3)[C@H](CCO)C2)c1. The molecule has 1 aliphatic rings. The molecule has 1 aliphatic heterocycles. The van der Waals surface area contributed by atoms with E-state index in [-0.39, 0.29) is 6.61 Å². The molecule has 0 amide bonds. The Hall–Kier alpha value is -1.88. The fraction of sp³-hybridized carbons (Fsp3) is 0.478. The Morgan fingerprint density at radius 2 is 1.85 bits per heavy atom. The molecule has 1 atom stereocenters. The first-order chi connectivity index (χ1) is 13.3. The summed E-state index contributed by atoms with van der Waals surface area (Å²) in [6, 6.07) is 19.5. The predicted molar refractivity (Wildman–Crippen MR) is 110 cm³/mol. The number of aliphatic hydroxyl groups is 1. The Labute approximate surface area is 163 Å². The molecule has 1 fully saturated rings. The third-order valence-electron chi connectivity index (χ3n) is 5.45. The number of ether oxygens (including phenoxy) is 1. The lowest BCUT2D eigenvalue weighted by atomic mass is 10.1. The minimum absolute atomic E-state index is 0.257. The summed E-state index contributed by atoms with van der Waals surface area (Å²) in [6.07, 6.45) is 3.14. The third kappa shape index (κ3) is 6.06. The standard InChI is InChI=1S/C23H32N2O2/c1-27-23-11-5-9-21(17-23)18-24-14-15-25(22(19-24)12-16-26)13-6-10-20-7-3-2-4-8-20/h2-5,7-9,11,17,22,26H,6,10,12-16,18-19H2,1H3/t22-/m1/s1. The summed E-state index contributed by atoms with van der Waals surface area (Å²) in [5.41, 5.74) is 2.70. The molecule has 0 radical (unpaired) electrons. The molecule has 2 aromatic carbocycles. The van der Waals surface area contributed by atoms with Gasteiger partial charge in [0.2, 0.25) is 0 Å². The molecule has 3 rings (SSSR count). The lowest BCUT2D eigenvalue weighted by molar-refractivity contribution is 0.0546. The Morgan fingerprint density at radius 3 is 2.63 bits per heavy atom. The molecule has 1 saturated heterocycles. The summed E-state index contributed by atoms with van der Waals surface area (Å²) in [7, 11) is 1.71. The van der Waals surface area contributed by atoms with Crippen LogP contribution < -0.4 is 4.74 Å². The van der Waals surface area contributed by atoms with E-state index < -0.39 is 0 Å². The molecule has 1 N–H and O–H groups in total. The number of hydrogen-bond acceptors (Lipinski definition) is 4. The van der Waals surface area contributed by atoms with Crippen molar-refractivity contribution in [1.29, 1.82) is 0 Å². The van der Waals surface area contributed by atoms with Crippen molar-refractivity contribution in [3.63, 3.8) is 0 Å². The molecule has 0 aliphatic carbocycles. The van der Waals surface area contributed by atoms with Gasteiger partial charge in [0.15, 0.2) is 0 Å². The first kappa shape index (κ1) is 19.9. The molecule has 1 heterocycles. The van der Waals surface area contributed by atoms with E-state index >= 15 is 0 Å². The third-order valence-corrected chi connectivity index (χ3v) is 5.45. The normalized spacial score (nSPS) is 18.5. The highest BCUT2D eigenvalue weighted by atomic mass is 16.5. The number of piperazine rings is 1. The number of benzene rings is 2. The maximum Gasteiger partial charge on any atom is 0.119 e. The summed E-state index contributed by atoms with van der Waals surface area (Å²) in [6.45, 7) is 5.47. The van der Waals surface area contributed by atoms with Gasteiger partial charge in [-0.25, -0.2) is 0 Å². The number of nitrogens with zero attached hydrogens (tertiary/aromatic N) is 2. The molecule has 2 aromatic rings. The van der Waals surface area contributed by atoms with Gasteiger partial charge >= 0.3 is 0 Å². The smallest absolute Gasteiger partial charge is 0.119 e. The summed E-state index contributed by atoms with van der Waals surface area (Å²) in [5.74, 6) is 0.916. The van der Waals surface area contributed by atoms with Crippen LogP contribution in [-0.4, -0.2) is 60.8 Å². The monoisotopic (exact) mass is 368 g/mol. The summed E-state index contributed by atoms with van der Waals surface area (Å²) in [5, 5.41) is 9.52. The highest BCUT2D eigenvalue weighted by molar-refractivity contribution is 5.28. The topological polar surface area (TPSA) is 35.9 Å². The molecule has 0 saturated carbocycles. The Balaban J connectivity index is 1.51. The molecular weight excluding hydrogens is 336 g/mol. The van der Waals surface area contributed by atoms with Crippen molar-refractivity contribution in [2.45, 2.75) is 31.8 Å². The fourth-order valence-electron chi connectivity index (χ4n) is 3.98. The van der Waals surface area contributed by atoms with Gasteiger partial charge in [-0.2, -0.15) is 0 Å². The zero-order valence-electron chi connectivity index (χ0n) is 16.4. The van der Waals surface area contributed by atoms with Gasteiger partial charge in [0.05, 0.1) is 7.11 Å². The average Bonchev–Trinajstić information content (AvgIpc) is 2.71. The van der Waals surface area contributed by atoms with Crippen molar-refractivity contribution in [2.24, 2.45) is 0 Å². The van der Waals surface area contributed by atoms with Crippen molar-refractivity contribution < 1.29 is 9.84 Å². The summed E-state index contributed by atoms with van der Waals surface area (Å²) in [4.78, 5) is 5.07. The van der Waals surface area contributed by atoms with E-state index in [0.717, 1.165) is 51.3 Å². The molecule has 0 unspecified atom stereocenters. The van der Waals surface area contributed by atoms with Crippen LogP contribution in [-0.2, 0) is 13.0 Å². The second-order valence-corrected chi connectivity index (χ2v) is 7.38. The lowest BCUT2D eigenvalue weighted by Crippen LogP contribution is -2.53. The molecule has 0 aromatic heterocycles. The predicted octanol–water partition coefficient (Wildman–Crippen LogP) is 3.20. The van der Waals surface area contributed by atoms with Gasteiger partial charge in [0, 0.05) is 38.8 Å². The van der Waals surface area contributed by atoms with Crippen LogP contribution in [0, 0.1) is 0 Å². The molecule has 0 bridgehead atoms. The van der Waals surface area contributed by atoms with Gasteiger partial charge in [-0.1, -0.05) is 42.5 Å². The second kappa shape index (κ2) is 10.5. The van der Waals surface area contributed by atoms with Crippen LogP contribution in [0.2, 0.25) is 0 Å². The molecule has 4 nitrogen and oxygen atoms in total. The molecule has 4 heteroatoms. The maximum absolute atomic E-state index is 9.52. The Bertz CT molecular complexity index is 677. The van der Waals surface area contributed by atoms with Crippen LogP contribution in [0.1, 0.15) is 24.0 Å². The van der Waals surface area contributed by atoms with Crippen LogP contribution >= 0.6 is 0 Å². The Morgan fingerprint density at radius 1 is 1.04 bits per heavy atom. The van der Waals surface area contributed by atoms with E-state index in [1.807, 2.05) is 6.07 Å². The zero-order valence-corrected chi connectivity index (χ0v) is 16.4. The van der Waals surface area contributed by atoms with Crippen LogP contribution in [0.3, 0.4) is 0 Å². The van der Waals surface area contributed by atoms with Gasteiger partial charge in [-0.05, 0) is 49.1 Å². The van der Waals surface area contributed by atoms with E-state index in [0.29, 0.717) is 6.04 Å². The van der Waals surface area contributed by atoms with Crippen molar-refractivity contribution in [3.8, 4) is 5.75 Å². The van der Waals surface area contributed by atoms with Crippen LogP contribution in [0.4, 0.5) is 0 Å². The maximum atomic E-state index is 9.52. The zero-order chi connectivity index (χ0) is 18.9. The summed E-state index contributed by atoms with van der Waals surface area (Å²) >= 11 is 0. The van der Waals surface area contributed by atoms with Crippen LogP contribution in [0.5, 0.6) is 5.75 Å². The van der Waals surface area contributed by atoms with Gasteiger partial charge in [0.1, 0.15) is 5.75 Å². The number of aryl methyl sites for hydroxylation is 1. The number of hydrogen-bond donors (Lipinski definition) is 1. The minimum Gasteiger partial charge on any atom is -0.497 e. The fourth-order valence-corrected chi connectivity index (χ4v) is 3.98. The van der Waals surface area contributed by atoms with E-state index in [4.69, 9.17) is 4.74 Å². The average molecular weight is 369 g/mol. The highest BCUT2D eigenvalue weighted by Crippen LogP contribution is 2.19. The Kier molecular flexibility index (Phi) is 7.69. The highest BCUT2D eigenvalue weighted by Gasteiger charge is 2.26. The molecular formula is C23H32N2O2. The number of rotatable bonds is 9. The van der Waals surface area contributed by atoms with E-state index in [1.165, 1.54) is 17.5 Å². The van der Waals surface area contributed by atoms with E-state index in [2.05, 4.69) is 58.3 Å². The van der Waals surface area contributed by atoms with E-state index in [1.54, 1.807) is 7.11 Å². The first-order valence-electron chi connectivity index (χ1n) is 10.0. The van der Waals surface area contributed by atoms with Crippen molar-refractivity contribution in [3.05, 3.63) is 65.7 Å². The van der Waals surface area contributed by atoms with Crippen molar-refractivity contribution in [1.82, 2.24) is 9.80 Å². The number of methoxy groups -OCH3 is 1. The van der Waals surface area contributed by atoms with Gasteiger partial charge < -0.3 is 9.84 Å².